The summed E-state index contributed by atoms with van der Waals surface area (Å²) in [5.41, 5.74) is 0. The molecule has 5 heteroatoms. The van der Waals surface area contributed by atoms with Crippen LogP contribution in [0.25, 0.3) is 0 Å². The number of hydrogen-bond donors (Lipinski definition) is 0. The SMILES string of the molecule is O=C([O-])CCCCCCCCCCCCCCCCCCCCC(=O)[O-].[Ca+2]. The number of rotatable bonds is 21. The number of carbonyl (C=O) groups excluding carboxylic acids is 2. The molecule has 0 amide bonds. The molecule has 0 bridgehead atoms. The average molecular weight is 409 g/mol. The Hall–Kier alpha value is 0.200. The van der Waals surface area contributed by atoms with Crippen LogP contribution in [0.4, 0.5) is 0 Å². The number of hydrogen-bond acceptors (Lipinski definition) is 4. The van der Waals surface area contributed by atoms with Gasteiger partial charge in [0.2, 0.25) is 0 Å². The Morgan fingerprint density at radius 3 is 0.667 bits per heavy atom. The summed E-state index contributed by atoms with van der Waals surface area (Å²) < 4.78 is 0. The van der Waals surface area contributed by atoms with Crippen molar-refractivity contribution < 1.29 is 19.8 Å². The Morgan fingerprint density at radius 2 is 0.519 bits per heavy atom. The van der Waals surface area contributed by atoms with Gasteiger partial charge in [-0.05, 0) is 25.7 Å². The van der Waals surface area contributed by atoms with Gasteiger partial charge in [-0.1, -0.05) is 103 Å². The minimum absolute atomic E-state index is 0. The van der Waals surface area contributed by atoms with Crippen molar-refractivity contribution in [2.45, 2.75) is 128 Å². The molecular formula is C22H40CaO4. The maximum Gasteiger partial charge on any atom is 2.00 e. The van der Waals surface area contributed by atoms with Crippen LogP contribution in [0.1, 0.15) is 128 Å². The Balaban J connectivity index is 0. The van der Waals surface area contributed by atoms with Crippen LogP contribution in [0.2, 0.25) is 0 Å². The molecule has 27 heavy (non-hydrogen) atoms. The zero-order valence-electron chi connectivity index (χ0n) is 17.5. The Morgan fingerprint density at radius 1 is 0.370 bits per heavy atom. The van der Waals surface area contributed by atoms with Gasteiger partial charge in [0.15, 0.2) is 0 Å². The second-order valence-corrected chi connectivity index (χ2v) is 7.61. The van der Waals surface area contributed by atoms with E-state index in [1.165, 1.54) is 77.0 Å². The standard InChI is InChI=1S/C22H42O4.Ca/c23-21(24)19-17-15-13-11-9-7-5-3-1-2-4-6-8-10-12-14-16-18-20-22(25)26;/h1-20H2,(H,23,24)(H,25,26);/q;+2/p-2. The third-order valence-electron chi connectivity index (χ3n) is 5.01. The van der Waals surface area contributed by atoms with Crippen molar-refractivity contribution in [1.82, 2.24) is 0 Å². The summed E-state index contributed by atoms with van der Waals surface area (Å²) in [4.78, 5) is 20.5. The van der Waals surface area contributed by atoms with Crippen LogP contribution in [0.3, 0.4) is 0 Å². The van der Waals surface area contributed by atoms with E-state index in [4.69, 9.17) is 0 Å². The van der Waals surface area contributed by atoms with Crippen molar-refractivity contribution in [3.05, 3.63) is 0 Å². The topological polar surface area (TPSA) is 80.3 Å². The molecule has 0 aliphatic heterocycles. The Bertz CT molecular complexity index is 302. The van der Waals surface area contributed by atoms with Gasteiger partial charge in [0.25, 0.3) is 0 Å². The summed E-state index contributed by atoms with van der Waals surface area (Å²) in [7, 11) is 0. The molecule has 0 spiro atoms. The van der Waals surface area contributed by atoms with Crippen LogP contribution < -0.4 is 10.2 Å². The van der Waals surface area contributed by atoms with Crippen molar-refractivity contribution in [3.8, 4) is 0 Å². The van der Waals surface area contributed by atoms with Crippen molar-refractivity contribution in [3.63, 3.8) is 0 Å². The molecule has 0 unspecified atom stereocenters. The first-order chi connectivity index (χ1) is 12.6. The van der Waals surface area contributed by atoms with Gasteiger partial charge < -0.3 is 19.8 Å². The molecule has 0 N–H and O–H groups in total. The van der Waals surface area contributed by atoms with Crippen molar-refractivity contribution in [1.29, 1.82) is 0 Å². The molecular weight excluding hydrogens is 368 g/mol. The first-order valence-electron chi connectivity index (χ1n) is 11.0. The summed E-state index contributed by atoms with van der Waals surface area (Å²) in [5, 5.41) is 20.5. The average Bonchev–Trinajstić information content (AvgIpc) is 2.59. The fourth-order valence-electron chi connectivity index (χ4n) is 3.37. The second-order valence-electron chi connectivity index (χ2n) is 7.61. The summed E-state index contributed by atoms with van der Waals surface area (Å²) in [6.45, 7) is 0. The number of unbranched alkanes of at least 4 members (excludes halogenated alkanes) is 17. The molecule has 4 nitrogen and oxygen atoms in total. The third-order valence-corrected chi connectivity index (χ3v) is 5.01. The fraction of sp³-hybridized carbons (Fsp3) is 0.909. The first kappa shape index (κ1) is 29.4. The second kappa shape index (κ2) is 24.2. The summed E-state index contributed by atoms with van der Waals surface area (Å²) in [6.07, 6.45) is 22.1. The fourth-order valence-corrected chi connectivity index (χ4v) is 3.37. The molecule has 0 aromatic heterocycles. The van der Waals surface area contributed by atoms with E-state index in [1.54, 1.807) is 0 Å². The normalized spacial score (nSPS) is 10.5. The van der Waals surface area contributed by atoms with Crippen LogP contribution in [-0.2, 0) is 9.59 Å². The minimum Gasteiger partial charge on any atom is -0.550 e. The minimum atomic E-state index is -0.920. The van der Waals surface area contributed by atoms with E-state index in [0.29, 0.717) is 0 Å². The van der Waals surface area contributed by atoms with E-state index in [1.807, 2.05) is 0 Å². The number of carboxylic acid groups (broad SMARTS) is 2. The van der Waals surface area contributed by atoms with Gasteiger partial charge in [0, 0.05) is 11.9 Å². The number of carboxylic acids is 2. The molecule has 0 heterocycles. The van der Waals surface area contributed by atoms with Crippen LogP contribution >= 0.6 is 0 Å². The zero-order valence-corrected chi connectivity index (χ0v) is 19.7. The molecule has 154 valence electrons. The molecule has 0 atom stereocenters. The summed E-state index contributed by atoms with van der Waals surface area (Å²) in [5.74, 6) is -1.84. The Kier molecular flexibility index (Phi) is 26.4. The molecule has 0 aromatic carbocycles. The van der Waals surface area contributed by atoms with Gasteiger partial charge in [-0.15, -0.1) is 0 Å². The van der Waals surface area contributed by atoms with Crippen LogP contribution in [0.5, 0.6) is 0 Å². The maximum absolute atomic E-state index is 10.3. The molecule has 0 rings (SSSR count). The maximum atomic E-state index is 10.3. The quantitative estimate of drug-likeness (QED) is 0.213. The van der Waals surface area contributed by atoms with Gasteiger partial charge in [-0.3, -0.25) is 0 Å². The van der Waals surface area contributed by atoms with Crippen molar-refractivity contribution in [2.75, 3.05) is 0 Å². The molecule has 0 aliphatic carbocycles. The Labute approximate surface area is 196 Å². The van der Waals surface area contributed by atoms with E-state index < -0.39 is 11.9 Å². The smallest absolute Gasteiger partial charge is 0.550 e. The van der Waals surface area contributed by atoms with E-state index >= 15 is 0 Å². The molecule has 0 aromatic rings. The largest absolute Gasteiger partial charge is 2.00 e. The van der Waals surface area contributed by atoms with Crippen LogP contribution in [0, 0.1) is 0 Å². The number of aliphatic carboxylic acids is 2. The monoisotopic (exact) mass is 408 g/mol. The number of carbonyl (C=O) groups is 2. The predicted molar refractivity (Wildman–Crippen MR) is 108 cm³/mol. The van der Waals surface area contributed by atoms with Crippen LogP contribution in [0.15, 0.2) is 0 Å². The predicted octanol–water partition coefficient (Wildman–Crippen LogP) is 3.91. The zero-order chi connectivity index (χ0) is 19.3. The summed E-state index contributed by atoms with van der Waals surface area (Å²) in [6, 6.07) is 0. The van der Waals surface area contributed by atoms with Gasteiger partial charge in [0.1, 0.15) is 0 Å². The summed E-state index contributed by atoms with van der Waals surface area (Å²) >= 11 is 0. The van der Waals surface area contributed by atoms with Crippen LogP contribution in [-0.4, -0.2) is 49.7 Å². The van der Waals surface area contributed by atoms with Gasteiger partial charge in [-0.25, -0.2) is 0 Å². The van der Waals surface area contributed by atoms with E-state index in [9.17, 15) is 19.8 Å². The molecule has 0 saturated carbocycles. The third kappa shape index (κ3) is 28.5. The van der Waals surface area contributed by atoms with Crippen molar-refractivity contribution in [2.24, 2.45) is 0 Å². The van der Waals surface area contributed by atoms with E-state index in [2.05, 4.69) is 0 Å². The molecule has 0 saturated heterocycles. The molecule has 0 fully saturated rings. The van der Waals surface area contributed by atoms with E-state index in [-0.39, 0.29) is 50.6 Å². The van der Waals surface area contributed by atoms with Gasteiger partial charge >= 0.3 is 37.7 Å². The molecule has 0 radical (unpaired) electrons. The van der Waals surface area contributed by atoms with Crippen molar-refractivity contribution >= 4 is 49.7 Å². The molecule has 0 aliphatic rings. The van der Waals surface area contributed by atoms with Gasteiger partial charge in [-0.2, -0.15) is 0 Å². The van der Waals surface area contributed by atoms with Gasteiger partial charge in [0.05, 0.1) is 0 Å². The van der Waals surface area contributed by atoms with E-state index in [0.717, 1.165) is 38.5 Å². The first-order valence-corrected chi connectivity index (χ1v) is 11.0.